The quantitative estimate of drug-likeness (QED) is 0.215. The Balaban J connectivity index is 1.46. The Kier molecular flexibility index (Phi) is 7.96. The van der Waals surface area contributed by atoms with Crippen molar-refractivity contribution in [2.75, 3.05) is 32.0 Å². The lowest BCUT2D eigenvalue weighted by Gasteiger charge is -2.11. The van der Waals surface area contributed by atoms with Crippen molar-refractivity contribution in [3.8, 4) is 40.0 Å². The zero-order valence-corrected chi connectivity index (χ0v) is 22.6. The van der Waals surface area contributed by atoms with Gasteiger partial charge in [-0.15, -0.1) is 0 Å². The highest BCUT2D eigenvalue weighted by Crippen LogP contribution is 2.33. The Morgan fingerprint density at radius 3 is 2.10 bits per heavy atom. The van der Waals surface area contributed by atoms with Crippen LogP contribution in [0, 0.1) is 0 Å². The van der Waals surface area contributed by atoms with E-state index >= 15 is 0 Å². The zero-order chi connectivity index (χ0) is 28.8. The molecule has 2 N–H and O–H groups in total. The standard InChI is InChI=1S/C32H27N3O6/c1-38-23-17-18-27(40-3)25(19-23)34-31(37)28-29(41-32(35-28)21-9-5-4-6-10-21)20-13-15-22(16-14-20)33-30(36)24-11-7-8-12-26(24)39-2/h4-19H,1-3H3,(H,33,36)(H,34,37). The van der Waals surface area contributed by atoms with E-state index in [0.29, 0.717) is 45.3 Å². The molecule has 9 nitrogen and oxygen atoms in total. The number of nitrogens with zero attached hydrogens (tertiary/aromatic N) is 1. The van der Waals surface area contributed by atoms with Gasteiger partial charge in [-0.25, -0.2) is 4.98 Å². The Morgan fingerprint density at radius 2 is 1.39 bits per heavy atom. The third-order valence-electron chi connectivity index (χ3n) is 6.27. The van der Waals surface area contributed by atoms with Crippen molar-refractivity contribution in [3.05, 3.63) is 108 Å². The van der Waals surface area contributed by atoms with E-state index in [2.05, 4.69) is 15.6 Å². The van der Waals surface area contributed by atoms with Crippen LogP contribution < -0.4 is 24.8 Å². The number of hydrogen-bond donors (Lipinski definition) is 2. The van der Waals surface area contributed by atoms with E-state index < -0.39 is 5.91 Å². The molecule has 0 atom stereocenters. The Morgan fingerprint density at radius 1 is 0.683 bits per heavy atom. The molecule has 0 aliphatic heterocycles. The molecule has 9 heteroatoms. The normalized spacial score (nSPS) is 10.5. The van der Waals surface area contributed by atoms with Crippen molar-refractivity contribution in [3.63, 3.8) is 0 Å². The van der Waals surface area contributed by atoms with Crippen LogP contribution in [0.25, 0.3) is 22.8 Å². The van der Waals surface area contributed by atoms with Gasteiger partial charge >= 0.3 is 0 Å². The predicted molar refractivity (Wildman–Crippen MR) is 156 cm³/mol. The second-order valence-corrected chi connectivity index (χ2v) is 8.81. The molecule has 4 aromatic carbocycles. The largest absolute Gasteiger partial charge is 0.497 e. The molecule has 0 aliphatic carbocycles. The third-order valence-corrected chi connectivity index (χ3v) is 6.27. The van der Waals surface area contributed by atoms with Gasteiger partial charge in [-0.05, 0) is 60.7 Å². The summed E-state index contributed by atoms with van der Waals surface area (Å²) in [5.74, 6) is 1.24. The summed E-state index contributed by atoms with van der Waals surface area (Å²) in [5, 5.41) is 5.72. The van der Waals surface area contributed by atoms with E-state index in [0.717, 1.165) is 0 Å². The van der Waals surface area contributed by atoms with Gasteiger partial charge in [0.2, 0.25) is 5.89 Å². The van der Waals surface area contributed by atoms with Crippen LogP contribution in [0.4, 0.5) is 11.4 Å². The van der Waals surface area contributed by atoms with Crippen LogP contribution in [-0.4, -0.2) is 38.1 Å². The number of anilines is 2. The Hall–Kier alpha value is -5.57. The fourth-order valence-corrected chi connectivity index (χ4v) is 4.20. The lowest BCUT2D eigenvalue weighted by molar-refractivity contribution is 0.101. The van der Waals surface area contributed by atoms with Gasteiger partial charge in [0.05, 0.1) is 32.6 Å². The van der Waals surface area contributed by atoms with Gasteiger partial charge in [-0.3, -0.25) is 9.59 Å². The van der Waals surface area contributed by atoms with Crippen molar-refractivity contribution in [2.24, 2.45) is 0 Å². The number of carbonyl (C=O) groups excluding carboxylic acids is 2. The first-order valence-electron chi connectivity index (χ1n) is 12.6. The minimum atomic E-state index is -0.494. The molecule has 0 aliphatic rings. The Bertz CT molecular complexity index is 1680. The molecule has 0 unspecified atom stereocenters. The number of oxazole rings is 1. The highest BCUT2D eigenvalue weighted by Gasteiger charge is 2.24. The summed E-state index contributed by atoms with van der Waals surface area (Å²) in [5.41, 5.74) is 2.78. The maximum absolute atomic E-state index is 13.6. The monoisotopic (exact) mass is 549 g/mol. The number of hydrogen-bond acceptors (Lipinski definition) is 7. The molecule has 1 heterocycles. The fourth-order valence-electron chi connectivity index (χ4n) is 4.20. The number of rotatable bonds is 9. The van der Waals surface area contributed by atoms with Crippen molar-refractivity contribution < 1.29 is 28.2 Å². The van der Waals surface area contributed by atoms with Crippen molar-refractivity contribution in [2.45, 2.75) is 0 Å². The third kappa shape index (κ3) is 5.89. The van der Waals surface area contributed by atoms with Crippen LogP contribution in [0.5, 0.6) is 17.2 Å². The number of aromatic nitrogens is 1. The highest BCUT2D eigenvalue weighted by molar-refractivity contribution is 6.08. The smallest absolute Gasteiger partial charge is 0.278 e. The van der Waals surface area contributed by atoms with E-state index in [9.17, 15) is 9.59 Å². The summed E-state index contributed by atoms with van der Waals surface area (Å²) in [6, 6.07) is 28.3. The van der Waals surface area contributed by atoms with Gasteiger partial charge in [-0.1, -0.05) is 30.3 Å². The van der Waals surface area contributed by atoms with Crippen LogP contribution >= 0.6 is 0 Å². The highest BCUT2D eigenvalue weighted by atomic mass is 16.5. The van der Waals surface area contributed by atoms with Gasteiger partial charge in [0.25, 0.3) is 11.8 Å². The lowest BCUT2D eigenvalue weighted by Crippen LogP contribution is -2.14. The van der Waals surface area contributed by atoms with Crippen molar-refractivity contribution in [1.29, 1.82) is 0 Å². The second-order valence-electron chi connectivity index (χ2n) is 8.81. The zero-order valence-electron chi connectivity index (χ0n) is 22.6. The average Bonchev–Trinajstić information content (AvgIpc) is 3.47. The molecule has 0 radical (unpaired) electrons. The number of carbonyl (C=O) groups is 2. The minimum Gasteiger partial charge on any atom is -0.497 e. The number of amides is 2. The van der Waals surface area contributed by atoms with Gasteiger partial charge < -0.3 is 29.3 Å². The SMILES string of the molecule is COc1ccc(OC)c(NC(=O)c2nc(-c3ccccc3)oc2-c2ccc(NC(=O)c3ccccc3OC)cc2)c1. The maximum atomic E-state index is 13.6. The van der Waals surface area contributed by atoms with E-state index in [4.69, 9.17) is 18.6 Å². The topological polar surface area (TPSA) is 112 Å². The summed E-state index contributed by atoms with van der Waals surface area (Å²) >= 11 is 0. The van der Waals surface area contributed by atoms with Gasteiger partial charge in [0.1, 0.15) is 17.2 Å². The molecule has 0 saturated carbocycles. The molecular formula is C32H27N3O6. The van der Waals surface area contributed by atoms with E-state index in [1.807, 2.05) is 30.3 Å². The lowest BCUT2D eigenvalue weighted by atomic mass is 10.1. The average molecular weight is 550 g/mol. The molecule has 206 valence electrons. The summed E-state index contributed by atoms with van der Waals surface area (Å²) in [6.45, 7) is 0. The summed E-state index contributed by atoms with van der Waals surface area (Å²) < 4.78 is 22.1. The fraction of sp³-hybridized carbons (Fsp3) is 0.0938. The molecule has 0 fully saturated rings. The van der Waals surface area contributed by atoms with Gasteiger partial charge in [-0.2, -0.15) is 0 Å². The van der Waals surface area contributed by atoms with Gasteiger partial charge in [0, 0.05) is 22.9 Å². The number of methoxy groups -OCH3 is 3. The molecular weight excluding hydrogens is 522 g/mol. The molecule has 5 aromatic rings. The molecule has 0 saturated heterocycles. The molecule has 41 heavy (non-hydrogen) atoms. The number of benzene rings is 4. The van der Waals surface area contributed by atoms with E-state index in [-0.39, 0.29) is 23.3 Å². The number of ether oxygens (including phenoxy) is 3. The van der Waals surface area contributed by atoms with Crippen LogP contribution in [-0.2, 0) is 0 Å². The van der Waals surface area contributed by atoms with Crippen LogP contribution in [0.1, 0.15) is 20.8 Å². The second kappa shape index (κ2) is 12.1. The van der Waals surface area contributed by atoms with Crippen LogP contribution in [0.3, 0.4) is 0 Å². The maximum Gasteiger partial charge on any atom is 0.278 e. The van der Waals surface area contributed by atoms with Crippen molar-refractivity contribution >= 4 is 23.2 Å². The van der Waals surface area contributed by atoms with Crippen LogP contribution in [0.2, 0.25) is 0 Å². The number of nitrogens with one attached hydrogen (secondary N) is 2. The first kappa shape index (κ1) is 27.0. The predicted octanol–water partition coefficient (Wildman–Crippen LogP) is 6.54. The van der Waals surface area contributed by atoms with Crippen LogP contribution in [0.15, 0.2) is 101 Å². The summed E-state index contributed by atoms with van der Waals surface area (Å²) in [6.07, 6.45) is 0. The van der Waals surface area contributed by atoms with Gasteiger partial charge in [0.15, 0.2) is 11.5 Å². The first-order chi connectivity index (χ1) is 20.0. The molecule has 2 amide bonds. The summed E-state index contributed by atoms with van der Waals surface area (Å²) in [7, 11) is 4.57. The molecule has 0 bridgehead atoms. The first-order valence-corrected chi connectivity index (χ1v) is 12.6. The Labute approximate surface area is 236 Å². The van der Waals surface area contributed by atoms with Crippen molar-refractivity contribution in [1.82, 2.24) is 4.98 Å². The van der Waals surface area contributed by atoms with E-state index in [1.54, 1.807) is 66.7 Å². The molecule has 0 spiro atoms. The van der Waals surface area contributed by atoms with E-state index in [1.165, 1.54) is 21.3 Å². The summed E-state index contributed by atoms with van der Waals surface area (Å²) in [4.78, 5) is 30.9. The molecule has 5 rings (SSSR count). The molecule has 1 aromatic heterocycles. The number of para-hydroxylation sites is 1. The minimum absolute atomic E-state index is 0.0829.